The van der Waals surface area contributed by atoms with Crippen molar-refractivity contribution in [2.24, 2.45) is 5.92 Å². The molecule has 0 bridgehead atoms. The van der Waals surface area contributed by atoms with Crippen molar-refractivity contribution in [3.05, 3.63) is 60.4 Å². The minimum absolute atomic E-state index is 0.0976. The minimum Gasteiger partial charge on any atom is -0.406 e. The van der Waals surface area contributed by atoms with E-state index in [0.717, 1.165) is 25.0 Å². The number of aliphatic hydroxyl groups excluding tert-OH is 2. The zero-order valence-corrected chi connectivity index (χ0v) is 21.5. The van der Waals surface area contributed by atoms with Crippen LogP contribution in [-0.4, -0.2) is 43.7 Å². The van der Waals surface area contributed by atoms with Crippen LogP contribution >= 0.6 is 0 Å². The van der Waals surface area contributed by atoms with Gasteiger partial charge in [-0.25, -0.2) is 9.67 Å². The predicted octanol–water partition coefficient (Wildman–Crippen LogP) is 6.04. The highest BCUT2D eigenvalue weighted by atomic mass is 19.4. The molecule has 202 valence electrons. The quantitative estimate of drug-likeness (QED) is 0.316. The number of aliphatic hydroxyl groups is 2. The number of hydrogen-bond acceptors (Lipinski definition) is 6. The van der Waals surface area contributed by atoms with Crippen LogP contribution in [0.1, 0.15) is 70.2 Å². The summed E-state index contributed by atoms with van der Waals surface area (Å²) >= 11 is 0. The van der Waals surface area contributed by atoms with Crippen LogP contribution in [0, 0.1) is 5.92 Å². The Labute approximate surface area is 214 Å². The highest BCUT2D eigenvalue weighted by molar-refractivity contribution is 5.90. The van der Waals surface area contributed by atoms with Gasteiger partial charge in [0.25, 0.3) is 0 Å². The number of rotatable bonds is 10. The molecular formula is C27H34F3N3O4. The molecule has 0 saturated heterocycles. The molecule has 1 aromatic carbocycles. The smallest absolute Gasteiger partial charge is 0.406 e. The molecule has 37 heavy (non-hydrogen) atoms. The Morgan fingerprint density at radius 2 is 1.76 bits per heavy atom. The van der Waals surface area contributed by atoms with Gasteiger partial charge in [-0.2, -0.15) is 5.10 Å². The number of pyridine rings is 1. The molecule has 0 amide bonds. The Morgan fingerprint density at radius 3 is 2.22 bits per heavy atom. The molecule has 0 spiro atoms. The highest BCUT2D eigenvalue weighted by Gasteiger charge is 2.31. The van der Waals surface area contributed by atoms with Crippen LogP contribution < -0.4 is 4.74 Å². The first-order chi connectivity index (χ1) is 17.5. The zero-order chi connectivity index (χ0) is 27.8. The van der Waals surface area contributed by atoms with Gasteiger partial charge in [0, 0.05) is 23.4 Å². The number of aromatic nitrogens is 3. The van der Waals surface area contributed by atoms with Crippen molar-refractivity contribution in [2.75, 3.05) is 6.61 Å². The molecule has 3 rings (SSSR count). The van der Waals surface area contributed by atoms with E-state index in [-0.39, 0.29) is 23.4 Å². The first kappa shape index (κ1) is 30.0. The van der Waals surface area contributed by atoms with Gasteiger partial charge in [-0.15, -0.1) is 13.2 Å². The van der Waals surface area contributed by atoms with Gasteiger partial charge >= 0.3 is 6.36 Å². The van der Waals surface area contributed by atoms with Crippen molar-refractivity contribution in [2.45, 2.75) is 65.3 Å². The van der Waals surface area contributed by atoms with Gasteiger partial charge in [0.15, 0.2) is 11.4 Å². The number of hydrogen-bond donors (Lipinski definition) is 2. The number of carbonyl (C=O) groups excluding carboxylic acids is 1. The van der Waals surface area contributed by atoms with Crippen molar-refractivity contribution in [1.82, 2.24) is 14.8 Å². The largest absolute Gasteiger partial charge is 0.573 e. The second-order valence-electron chi connectivity index (χ2n) is 8.57. The number of allylic oxidation sites excluding steroid dienone is 1. The molecule has 0 aliphatic carbocycles. The van der Waals surface area contributed by atoms with Gasteiger partial charge in [0.2, 0.25) is 0 Å². The predicted molar refractivity (Wildman–Crippen MR) is 136 cm³/mol. The number of fused-ring (bicyclic) bond motifs is 1. The molecule has 0 aliphatic heterocycles. The monoisotopic (exact) mass is 521 g/mol. The first-order valence-electron chi connectivity index (χ1n) is 12.2. The summed E-state index contributed by atoms with van der Waals surface area (Å²) in [5.74, 6) is 0.0720. The summed E-state index contributed by atoms with van der Waals surface area (Å²) in [6.07, 6.45) is -0.436. The number of benzene rings is 1. The summed E-state index contributed by atoms with van der Waals surface area (Å²) in [5.41, 5.74) is 2.21. The molecule has 2 N–H and O–H groups in total. The zero-order valence-electron chi connectivity index (χ0n) is 21.5. The van der Waals surface area contributed by atoms with Crippen LogP contribution in [0.25, 0.3) is 16.7 Å². The molecule has 0 radical (unpaired) electrons. The SMILES string of the molecule is C=CC(=O)C(C)CC.CCC(CC)c1nn(-c2ccc(OC(F)(F)F)cc2)c2nccc(C(O)CO)c12. The maximum atomic E-state index is 12.4. The third kappa shape index (κ3) is 7.62. The third-order valence-electron chi connectivity index (χ3n) is 6.15. The standard InChI is InChI=1S/C20H22F3N3O3.C7H12O/c1-3-12(4-2)18-17-15(16(28)11-27)9-10-24-19(17)26(25-18)13-5-7-14(8-6-13)29-20(21,22)23;1-4-6(3)7(8)5-2/h5-10,12,16,27-28H,3-4,11H2,1-2H3;5-6H,2,4H2,1,3H3. The average molecular weight is 522 g/mol. The van der Waals surface area contributed by atoms with E-state index in [2.05, 4.69) is 21.4 Å². The fourth-order valence-corrected chi connectivity index (χ4v) is 3.80. The lowest BCUT2D eigenvalue weighted by atomic mass is 9.94. The van der Waals surface area contributed by atoms with Gasteiger partial charge < -0.3 is 14.9 Å². The van der Waals surface area contributed by atoms with Crippen LogP contribution in [0.2, 0.25) is 0 Å². The number of nitrogens with zero attached hydrogens (tertiary/aromatic N) is 3. The number of halogens is 3. The summed E-state index contributed by atoms with van der Waals surface area (Å²) in [5, 5.41) is 25.0. The number of alkyl halides is 3. The highest BCUT2D eigenvalue weighted by Crippen LogP contribution is 2.35. The Hall–Kier alpha value is -3.24. The van der Waals surface area contributed by atoms with Gasteiger partial charge in [0.05, 0.1) is 18.0 Å². The average Bonchev–Trinajstić information content (AvgIpc) is 3.27. The van der Waals surface area contributed by atoms with Crippen LogP contribution in [0.5, 0.6) is 5.75 Å². The molecule has 2 heterocycles. The van der Waals surface area contributed by atoms with E-state index in [1.165, 1.54) is 41.2 Å². The van der Waals surface area contributed by atoms with E-state index in [1.54, 1.807) is 6.07 Å². The maximum absolute atomic E-state index is 12.4. The normalized spacial score (nSPS) is 13.1. The second-order valence-corrected chi connectivity index (χ2v) is 8.57. The molecule has 7 nitrogen and oxygen atoms in total. The van der Waals surface area contributed by atoms with Crippen molar-refractivity contribution in [1.29, 1.82) is 0 Å². The molecule has 0 fully saturated rings. The fraction of sp³-hybridized carbons (Fsp3) is 0.444. The van der Waals surface area contributed by atoms with E-state index in [1.807, 2.05) is 27.7 Å². The lowest BCUT2D eigenvalue weighted by Crippen LogP contribution is -2.17. The maximum Gasteiger partial charge on any atom is 0.573 e. The fourth-order valence-electron chi connectivity index (χ4n) is 3.80. The molecule has 0 saturated carbocycles. The number of ether oxygens (including phenoxy) is 1. The molecular weight excluding hydrogens is 487 g/mol. The van der Waals surface area contributed by atoms with Crippen molar-refractivity contribution in [3.8, 4) is 11.4 Å². The third-order valence-corrected chi connectivity index (χ3v) is 6.15. The number of ketones is 1. The Balaban J connectivity index is 0.000000521. The first-order valence-corrected chi connectivity index (χ1v) is 12.2. The second kappa shape index (κ2) is 13.3. The Kier molecular flexibility index (Phi) is 10.8. The number of carbonyl (C=O) groups is 1. The summed E-state index contributed by atoms with van der Waals surface area (Å²) in [6, 6.07) is 6.97. The van der Waals surface area contributed by atoms with E-state index < -0.39 is 19.1 Å². The Bertz CT molecular complexity index is 1170. The molecule has 2 atom stereocenters. The van der Waals surface area contributed by atoms with Gasteiger partial charge in [-0.1, -0.05) is 34.3 Å². The van der Waals surface area contributed by atoms with E-state index in [0.29, 0.717) is 22.3 Å². The van der Waals surface area contributed by atoms with Gasteiger partial charge in [0.1, 0.15) is 11.9 Å². The van der Waals surface area contributed by atoms with Crippen LogP contribution in [0.4, 0.5) is 13.2 Å². The summed E-state index contributed by atoms with van der Waals surface area (Å²) < 4.78 is 42.7. The molecule has 10 heteroatoms. The Morgan fingerprint density at radius 1 is 1.14 bits per heavy atom. The van der Waals surface area contributed by atoms with Crippen LogP contribution in [-0.2, 0) is 4.79 Å². The van der Waals surface area contributed by atoms with Gasteiger partial charge in [-0.3, -0.25) is 4.79 Å². The van der Waals surface area contributed by atoms with Crippen molar-refractivity contribution >= 4 is 16.8 Å². The van der Waals surface area contributed by atoms with E-state index in [4.69, 9.17) is 0 Å². The van der Waals surface area contributed by atoms with Gasteiger partial charge in [-0.05, 0) is 61.2 Å². The molecule has 2 aromatic heterocycles. The lowest BCUT2D eigenvalue weighted by Gasteiger charge is -2.13. The van der Waals surface area contributed by atoms with Crippen molar-refractivity contribution < 1.29 is 32.9 Å². The van der Waals surface area contributed by atoms with Crippen LogP contribution in [0.15, 0.2) is 49.2 Å². The lowest BCUT2D eigenvalue weighted by molar-refractivity contribution is -0.274. The minimum atomic E-state index is -4.76. The van der Waals surface area contributed by atoms with E-state index >= 15 is 0 Å². The molecule has 3 aromatic rings. The molecule has 2 unspecified atom stereocenters. The summed E-state index contributed by atoms with van der Waals surface area (Å²) in [7, 11) is 0. The molecule has 0 aliphatic rings. The van der Waals surface area contributed by atoms with Crippen molar-refractivity contribution in [3.63, 3.8) is 0 Å². The summed E-state index contributed by atoms with van der Waals surface area (Å²) in [6.45, 7) is 10.9. The van der Waals surface area contributed by atoms with Crippen LogP contribution in [0.3, 0.4) is 0 Å². The van der Waals surface area contributed by atoms with E-state index in [9.17, 15) is 28.2 Å². The summed E-state index contributed by atoms with van der Waals surface area (Å²) in [4.78, 5) is 15.0. The topological polar surface area (TPSA) is 97.5 Å².